The molecule has 1 heterocycles. The van der Waals surface area contributed by atoms with Gasteiger partial charge in [-0.25, -0.2) is 0 Å². The lowest BCUT2D eigenvalue weighted by Gasteiger charge is -2.35. The molecule has 1 fully saturated rings. The summed E-state index contributed by atoms with van der Waals surface area (Å²) < 4.78 is 21.4. The zero-order chi connectivity index (χ0) is 19.6. The highest BCUT2D eigenvalue weighted by molar-refractivity contribution is 5.76. The molecule has 152 valence electrons. The Morgan fingerprint density at radius 2 is 1.93 bits per heavy atom. The average Bonchev–Trinajstić information content (AvgIpc) is 2.72. The number of benzene rings is 1. The van der Waals surface area contributed by atoms with Crippen molar-refractivity contribution in [1.29, 1.82) is 0 Å². The van der Waals surface area contributed by atoms with Crippen LogP contribution in [0.5, 0.6) is 11.5 Å². The molecule has 0 radical (unpaired) electrons. The predicted molar refractivity (Wildman–Crippen MR) is 102 cm³/mol. The zero-order valence-electron chi connectivity index (χ0n) is 16.4. The third kappa shape index (κ3) is 6.07. The molecule has 0 bridgehead atoms. The van der Waals surface area contributed by atoms with Gasteiger partial charge in [0.15, 0.2) is 11.5 Å². The first-order valence-corrected chi connectivity index (χ1v) is 9.16. The number of nitrogens with zero attached hydrogens (tertiary/aromatic N) is 1. The number of carbonyl (C=O) groups is 1. The van der Waals surface area contributed by atoms with Crippen molar-refractivity contribution in [2.45, 2.75) is 18.6 Å². The topological polar surface area (TPSA) is 95.3 Å². The number of morpholine rings is 1. The van der Waals surface area contributed by atoms with E-state index in [1.807, 2.05) is 18.2 Å². The van der Waals surface area contributed by atoms with Crippen molar-refractivity contribution in [2.24, 2.45) is 5.73 Å². The number of nitrogens with two attached hydrogens (primary N) is 1. The van der Waals surface area contributed by atoms with Crippen LogP contribution >= 0.6 is 0 Å². The number of hydrogen-bond acceptors (Lipinski definition) is 7. The highest BCUT2D eigenvalue weighted by Crippen LogP contribution is 2.32. The summed E-state index contributed by atoms with van der Waals surface area (Å²) in [5.41, 5.74) is 6.65. The van der Waals surface area contributed by atoms with E-state index < -0.39 is 0 Å². The first kappa shape index (κ1) is 21.4. The lowest BCUT2D eigenvalue weighted by molar-refractivity contribution is -0.123. The third-order valence-electron chi connectivity index (χ3n) is 4.78. The largest absolute Gasteiger partial charge is 0.493 e. The molecule has 0 aliphatic carbocycles. The summed E-state index contributed by atoms with van der Waals surface area (Å²) in [6.07, 6.45) is -0.0256. The minimum Gasteiger partial charge on any atom is -0.493 e. The Bertz CT molecular complexity index is 589. The summed E-state index contributed by atoms with van der Waals surface area (Å²) in [4.78, 5) is 14.6. The van der Waals surface area contributed by atoms with Gasteiger partial charge in [0.1, 0.15) is 0 Å². The van der Waals surface area contributed by atoms with Gasteiger partial charge < -0.3 is 30.0 Å². The van der Waals surface area contributed by atoms with Gasteiger partial charge in [-0.3, -0.25) is 9.69 Å². The first-order chi connectivity index (χ1) is 13.1. The second-order valence-electron chi connectivity index (χ2n) is 6.38. The van der Waals surface area contributed by atoms with Gasteiger partial charge >= 0.3 is 0 Å². The Morgan fingerprint density at radius 1 is 1.22 bits per heavy atom. The number of hydrogen-bond donors (Lipinski definition) is 2. The van der Waals surface area contributed by atoms with Crippen LogP contribution in [0.15, 0.2) is 18.2 Å². The summed E-state index contributed by atoms with van der Waals surface area (Å²) in [5, 5.41) is 3.01. The average molecular weight is 381 g/mol. The molecule has 0 aromatic heterocycles. The fourth-order valence-electron chi connectivity index (χ4n) is 3.16. The van der Waals surface area contributed by atoms with Gasteiger partial charge in [0.05, 0.1) is 46.0 Å². The SMILES string of the molecule is COc1ccc(C(CNC(=O)CC(CN)OC)N2CCOCC2)cc1OC. The molecule has 2 unspecified atom stereocenters. The predicted octanol–water partition coefficient (Wildman–Crippen LogP) is 0.557. The maximum Gasteiger partial charge on any atom is 0.222 e. The molecule has 1 aliphatic heterocycles. The van der Waals surface area contributed by atoms with Crippen LogP contribution in [-0.4, -0.2) is 77.6 Å². The van der Waals surface area contributed by atoms with E-state index in [4.69, 9.17) is 24.7 Å². The van der Waals surface area contributed by atoms with Gasteiger partial charge in [0.25, 0.3) is 0 Å². The third-order valence-corrected chi connectivity index (χ3v) is 4.78. The molecule has 8 heteroatoms. The molecule has 1 aromatic carbocycles. The van der Waals surface area contributed by atoms with E-state index in [2.05, 4.69) is 10.2 Å². The number of ether oxygens (including phenoxy) is 4. The molecule has 1 aliphatic rings. The van der Waals surface area contributed by atoms with Crippen molar-refractivity contribution in [3.63, 3.8) is 0 Å². The maximum absolute atomic E-state index is 12.3. The Labute approximate surface area is 160 Å². The molecular weight excluding hydrogens is 350 g/mol. The molecule has 2 rings (SSSR count). The molecular formula is C19H31N3O5. The number of amides is 1. The molecule has 1 amide bonds. The van der Waals surface area contributed by atoms with Gasteiger partial charge in [-0.05, 0) is 17.7 Å². The quantitative estimate of drug-likeness (QED) is 0.611. The molecule has 8 nitrogen and oxygen atoms in total. The van der Waals surface area contributed by atoms with Crippen molar-refractivity contribution in [1.82, 2.24) is 10.2 Å². The highest BCUT2D eigenvalue weighted by Gasteiger charge is 2.24. The van der Waals surface area contributed by atoms with E-state index in [9.17, 15) is 4.79 Å². The molecule has 2 atom stereocenters. The van der Waals surface area contributed by atoms with Crippen LogP contribution in [0.1, 0.15) is 18.0 Å². The Morgan fingerprint density at radius 3 is 2.52 bits per heavy atom. The van der Waals surface area contributed by atoms with Crippen LogP contribution in [0.3, 0.4) is 0 Å². The van der Waals surface area contributed by atoms with Gasteiger partial charge in [-0.1, -0.05) is 6.07 Å². The van der Waals surface area contributed by atoms with Crippen LogP contribution in [0.25, 0.3) is 0 Å². The van der Waals surface area contributed by atoms with Crippen LogP contribution in [0.4, 0.5) is 0 Å². The van der Waals surface area contributed by atoms with E-state index in [0.717, 1.165) is 18.7 Å². The molecule has 27 heavy (non-hydrogen) atoms. The lowest BCUT2D eigenvalue weighted by Crippen LogP contribution is -2.44. The summed E-state index contributed by atoms with van der Waals surface area (Å²) in [5.74, 6) is 1.27. The van der Waals surface area contributed by atoms with Crippen molar-refractivity contribution in [3.05, 3.63) is 23.8 Å². The second kappa shape index (κ2) is 11.1. The summed E-state index contributed by atoms with van der Waals surface area (Å²) in [6, 6.07) is 5.87. The minimum atomic E-state index is -0.270. The van der Waals surface area contributed by atoms with Gasteiger partial charge in [-0.2, -0.15) is 0 Å². The van der Waals surface area contributed by atoms with Crippen LogP contribution in [0.2, 0.25) is 0 Å². The number of nitrogens with one attached hydrogen (secondary N) is 1. The summed E-state index contributed by atoms with van der Waals surface area (Å²) in [6.45, 7) is 3.76. The van der Waals surface area contributed by atoms with Gasteiger partial charge in [0, 0.05) is 33.3 Å². The summed E-state index contributed by atoms with van der Waals surface area (Å²) in [7, 11) is 4.79. The fraction of sp³-hybridized carbons (Fsp3) is 0.632. The number of methoxy groups -OCH3 is 3. The number of rotatable bonds is 10. The van der Waals surface area contributed by atoms with Crippen LogP contribution in [-0.2, 0) is 14.3 Å². The van der Waals surface area contributed by atoms with Crippen molar-refractivity contribution >= 4 is 5.91 Å². The van der Waals surface area contributed by atoms with Crippen molar-refractivity contribution in [2.75, 3.05) is 60.7 Å². The second-order valence-corrected chi connectivity index (χ2v) is 6.38. The first-order valence-electron chi connectivity index (χ1n) is 9.16. The molecule has 3 N–H and O–H groups in total. The number of carbonyl (C=O) groups excluding carboxylic acids is 1. The Kier molecular flexibility index (Phi) is 8.80. The lowest BCUT2D eigenvalue weighted by atomic mass is 10.0. The van der Waals surface area contributed by atoms with E-state index in [0.29, 0.717) is 37.8 Å². The summed E-state index contributed by atoms with van der Waals surface area (Å²) >= 11 is 0. The smallest absolute Gasteiger partial charge is 0.222 e. The Hall–Kier alpha value is -1.87. The molecule has 0 saturated carbocycles. The fourth-order valence-corrected chi connectivity index (χ4v) is 3.16. The van der Waals surface area contributed by atoms with Crippen LogP contribution in [0, 0.1) is 0 Å². The Balaban J connectivity index is 2.13. The minimum absolute atomic E-state index is 0.0107. The highest BCUT2D eigenvalue weighted by atomic mass is 16.5. The van der Waals surface area contributed by atoms with Crippen molar-refractivity contribution < 1.29 is 23.7 Å². The normalized spacial score (nSPS) is 17.2. The van der Waals surface area contributed by atoms with Gasteiger partial charge in [-0.15, -0.1) is 0 Å². The van der Waals surface area contributed by atoms with E-state index >= 15 is 0 Å². The van der Waals surface area contributed by atoms with E-state index in [-0.39, 0.29) is 24.5 Å². The van der Waals surface area contributed by atoms with Crippen molar-refractivity contribution in [3.8, 4) is 11.5 Å². The molecule has 1 aromatic rings. The zero-order valence-corrected chi connectivity index (χ0v) is 16.4. The standard InChI is InChI=1S/C19H31N3O5/c1-24-15(12-20)11-19(23)21-13-16(22-6-8-27-9-7-22)14-4-5-17(25-2)18(10-14)26-3/h4-5,10,15-16H,6-9,11-13,20H2,1-3H3,(H,21,23). The monoisotopic (exact) mass is 381 g/mol. The molecule has 0 spiro atoms. The van der Waals surface area contributed by atoms with Crippen LogP contribution < -0.4 is 20.5 Å². The van der Waals surface area contributed by atoms with E-state index in [1.54, 1.807) is 21.3 Å². The molecule has 1 saturated heterocycles. The van der Waals surface area contributed by atoms with E-state index in [1.165, 1.54) is 0 Å². The maximum atomic E-state index is 12.3. The van der Waals surface area contributed by atoms with Gasteiger partial charge in [0.2, 0.25) is 5.91 Å².